The third kappa shape index (κ3) is 9.85. The van der Waals surface area contributed by atoms with Gasteiger partial charge < -0.3 is 18.9 Å². The normalized spacial score (nSPS) is 16.4. The molecule has 0 radical (unpaired) electrons. The molecule has 6 nitrogen and oxygen atoms in total. The minimum absolute atomic E-state index is 0.313. The SMILES string of the molecule is CCCCOC(C)OC(C)OC(C)OC(C)ONc1ccccc1. The molecule has 24 heavy (non-hydrogen) atoms. The second-order valence-corrected chi connectivity index (χ2v) is 5.49. The summed E-state index contributed by atoms with van der Waals surface area (Å²) in [6.07, 6.45) is 0.406. The zero-order chi connectivity index (χ0) is 17.8. The van der Waals surface area contributed by atoms with Crippen LogP contribution in [-0.4, -0.2) is 31.8 Å². The van der Waals surface area contributed by atoms with Crippen molar-refractivity contribution in [3.8, 4) is 0 Å². The summed E-state index contributed by atoms with van der Waals surface area (Å²) in [7, 11) is 0. The lowest BCUT2D eigenvalue weighted by atomic mass is 10.3. The average Bonchev–Trinajstić information content (AvgIpc) is 2.53. The maximum absolute atomic E-state index is 5.62. The van der Waals surface area contributed by atoms with Crippen LogP contribution in [0.4, 0.5) is 5.69 Å². The molecule has 0 amide bonds. The van der Waals surface area contributed by atoms with E-state index in [0.717, 1.165) is 18.5 Å². The largest absolute Gasteiger partial charge is 0.353 e. The highest BCUT2D eigenvalue weighted by molar-refractivity contribution is 5.39. The van der Waals surface area contributed by atoms with Crippen LogP contribution in [0.5, 0.6) is 0 Å². The van der Waals surface area contributed by atoms with E-state index in [1.54, 1.807) is 13.8 Å². The summed E-state index contributed by atoms with van der Waals surface area (Å²) in [6, 6.07) is 9.60. The van der Waals surface area contributed by atoms with E-state index in [9.17, 15) is 0 Å². The molecule has 4 atom stereocenters. The van der Waals surface area contributed by atoms with Crippen molar-refractivity contribution in [1.82, 2.24) is 0 Å². The summed E-state index contributed by atoms with van der Waals surface area (Å²) in [5, 5.41) is 0. The topological polar surface area (TPSA) is 58.2 Å². The number of hydrogen-bond donors (Lipinski definition) is 1. The van der Waals surface area contributed by atoms with Crippen molar-refractivity contribution in [2.45, 2.75) is 72.6 Å². The van der Waals surface area contributed by atoms with Crippen LogP contribution in [0.25, 0.3) is 0 Å². The van der Waals surface area contributed by atoms with E-state index in [1.807, 2.05) is 44.2 Å². The second kappa shape index (κ2) is 12.2. The molecule has 1 aromatic carbocycles. The number of unbranched alkanes of at least 4 members (excludes halogenated alkanes) is 1. The van der Waals surface area contributed by atoms with Crippen LogP contribution in [0.3, 0.4) is 0 Å². The lowest BCUT2D eigenvalue weighted by molar-refractivity contribution is -0.303. The second-order valence-electron chi connectivity index (χ2n) is 5.49. The standard InChI is InChI=1S/C18H31NO5/c1-6-7-13-20-14(2)21-15(3)22-16(4)23-17(5)24-19-18-11-9-8-10-12-18/h8-12,14-17,19H,6-7,13H2,1-5H3. The Morgan fingerprint density at radius 1 is 0.833 bits per heavy atom. The number of benzene rings is 1. The highest BCUT2D eigenvalue weighted by Crippen LogP contribution is 2.10. The molecule has 0 bridgehead atoms. The molecular weight excluding hydrogens is 310 g/mol. The third-order valence-electron chi connectivity index (χ3n) is 3.12. The van der Waals surface area contributed by atoms with E-state index in [2.05, 4.69) is 12.4 Å². The van der Waals surface area contributed by atoms with Crippen molar-refractivity contribution in [2.75, 3.05) is 12.1 Å². The molecule has 4 unspecified atom stereocenters. The van der Waals surface area contributed by atoms with Crippen molar-refractivity contribution >= 4 is 5.69 Å². The first kappa shape index (κ1) is 20.9. The van der Waals surface area contributed by atoms with Crippen molar-refractivity contribution in [3.63, 3.8) is 0 Å². The van der Waals surface area contributed by atoms with Crippen LogP contribution >= 0.6 is 0 Å². The van der Waals surface area contributed by atoms with E-state index >= 15 is 0 Å². The maximum Gasteiger partial charge on any atom is 0.183 e. The Morgan fingerprint density at radius 3 is 2.04 bits per heavy atom. The van der Waals surface area contributed by atoms with Gasteiger partial charge in [0.15, 0.2) is 25.2 Å². The van der Waals surface area contributed by atoms with Gasteiger partial charge >= 0.3 is 0 Å². The van der Waals surface area contributed by atoms with Gasteiger partial charge in [0.25, 0.3) is 0 Å². The minimum Gasteiger partial charge on any atom is -0.353 e. The maximum atomic E-state index is 5.62. The van der Waals surface area contributed by atoms with Gasteiger partial charge in [-0.1, -0.05) is 31.5 Å². The van der Waals surface area contributed by atoms with Crippen molar-refractivity contribution < 1.29 is 23.8 Å². The fraction of sp³-hybridized carbons (Fsp3) is 0.667. The zero-order valence-corrected chi connectivity index (χ0v) is 15.4. The Hall–Kier alpha value is -1.18. The highest BCUT2D eigenvalue weighted by Gasteiger charge is 2.15. The molecule has 0 aliphatic carbocycles. The third-order valence-corrected chi connectivity index (χ3v) is 3.12. The molecule has 0 fully saturated rings. The molecule has 0 saturated carbocycles. The summed E-state index contributed by atoms with van der Waals surface area (Å²) >= 11 is 0. The van der Waals surface area contributed by atoms with Crippen LogP contribution in [-0.2, 0) is 23.8 Å². The van der Waals surface area contributed by atoms with Gasteiger partial charge in [-0.2, -0.15) is 0 Å². The molecule has 1 N–H and O–H groups in total. The number of ether oxygens (including phenoxy) is 4. The smallest absolute Gasteiger partial charge is 0.183 e. The van der Waals surface area contributed by atoms with Gasteiger partial charge in [-0.05, 0) is 46.2 Å². The Bertz CT molecular complexity index is 417. The molecule has 138 valence electrons. The number of para-hydroxylation sites is 1. The quantitative estimate of drug-likeness (QED) is 0.328. The fourth-order valence-corrected chi connectivity index (χ4v) is 1.99. The summed E-state index contributed by atoms with van der Waals surface area (Å²) < 4.78 is 22.3. The van der Waals surface area contributed by atoms with Gasteiger partial charge in [0.05, 0.1) is 5.69 Å². The monoisotopic (exact) mass is 341 g/mol. The minimum atomic E-state index is -0.481. The van der Waals surface area contributed by atoms with Crippen molar-refractivity contribution in [3.05, 3.63) is 30.3 Å². The molecule has 0 aromatic heterocycles. The van der Waals surface area contributed by atoms with E-state index in [4.69, 9.17) is 23.8 Å². The molecule has 0 aliphatic rings. The lowest BCUT2D eigenvalue weighted by Gasteiger charge is -2.25. The predicted molar refractivity (Wildman–Crippen MR) is 93.1 cm³/mol. The number of anilines is 1. The van der Waals surface area contributed by atoms with E-state index in [1.165, 1.54) is 0 Å². The van der Waals surface area contributed by atoms with E-state index in [-0.39, 0.29) is 6.29 Å². The van der Waals surface area contributed by atoms with Gasteiger partial charge in [-0.25, -0.2) is 4.84 Å². The molecule has 1 aromatic rings. The summed E-state index contributed by atoms with van der Waals surface area (Å²) in [6.45, 7) is 10.1. The lowest BCUT2D eigenvalue weighted by Crippen LogP contribution is -2.30. The molecular formula is C18H31NO5. The first-order valence-corrected chi connectivity index (χ1v) is 8.56. The molecule has 1 rings (SSSR count). The predicted octanol–water partition coefficient (Wildman–Crippen LogP) is 4.28. The van der Waals surface area contributed by atoms with Gasteiger partial charge in [0.1, 0.15) is 0 Å². The number of rotatable bonds is 13. The van der Waals surface area contributed by atoms with Crippen molar-refractivity contribution in [1.29, 1.82) is 0 Å². The Kier molecular flexibility index (Phi) is 10.6. The van der Waals surface area contributed by atoms with Gasteiger partial charge in [0.2, 0.25) is 0 Å². The molecule has 0 spiro atoms. The van der Waals surface area contributed by atoms with E-state index in [0.29, 0.717) is 6.61 Å². The Balaban J connectivity index is 2.18. The van der Waals surface area contributed by atoms with Gasteiger partial charge in [-0.15, -0.1) is 0 Å². The number of nitrogens with one attached hydrogen (secondary N) is 1. The summed E-state index contributed by atoms with van der Waals surface area (Å²) in [4.78, 5) is 5.41. The van der Waals surface area contributed by atoms with Crippen LogP contribution in [0.15, 0.2) is 30.3 Å². The zero-order valence-electron chi connectivity index (χ0n) is 15.4. The van der Waals surface area contributed by atoms with Gasteiger partial charge in [0, 0.05) is 6.61 Å². The van der Waals surface area contributed by atoms with Crippen LogP contribution in [0.1, 0.15) is 47.5 Å². The van der Waals surface area contributed by atoms with Crippen molar-refractivity contribution in [2.24, 2.45) is 0 Å². The van der Waals surface area contributed by atoms with Crippen LogP contribution < -0.4 is 5.48 Å². The summed E-state index contributed by atoms with van der Waals surface area (Å²) in [5.74, 6) is 0. The number of hydrogen-bond acceptors (Lipinski definition) is 6. The highest BCUT2D eigenvalue weighted by atomic mass is 16.8. The summed E-state index contributed by atoms with van der Waals surface area (Å²) in [5.41, 5.74) is 3.69. The first-order chi connectivity index (χ1) is 11.5. The van der Waals surface area contributed by atoms with Gasteiger partial charge in [-0.3, -0.25) is 5.48 Å². The average molecular weight is 341 g/mol. The van der Waals surface area contributed by atoms with Crippen LogP contribution in [0.2, 0.25) is 0 Å². The Morgan fingerprint density at radius 2 is 1.42 bits per heavy atom. The molecule has 6 heteroatoms. The fourth-order valence-electron chi connectivity index (χ4n) is 1.99. The first-order valence-electron chi connectivity index (χ1n) is 8.56. The Labute approximate surface area is 145 Å². The molecule has 0 aliphatic heterocycles. The van der Waals surface area contributed by atoms with Crippen LogP contribution in [0, 0.1) is 0 Å². The molecule has 0 heterocycles. The van der Waals surface area contributed by atoms with E-state index < -0.39 is 18.9 Å². The molecule has 0 saturated heterocycles.